The van der Waals surface area contributed by atoms with Crippen LogP contribution >= 0.6 is 7.14 Å². The van der Waals surface area contributed by atoms with Gasteiger partial charge in [0.05, 0.1) is 0 Å². The van der Waals surface area contributed by atoms with Crippen molar-refractivity contribution in [2.24, 2.45) is 0 Å². The maximum atomic E-state index is 13.9. The third kappa shape index (κ3) is 5.34. The first kappa shape index (κ1) is 19.9. The Bertz CT molecular complexity index is 872. The van der Waals surface area contributed by atoms with Crippen LogP contribution < -0.4 is 21.2 Å². The molecule has 0 fully saturated rings. The number of nitrogens with one attached hydrogen (secondary N) is 2. The molecule has 0 saturated heterocycles. The second-order valence-electron chi connectivity index (χ2n) is 6.59. The van der Waals surface area contributed by atoms with E-state index in [0.29, 0.717) is 12.7 Å². The Labute approximate surface area is 166 Å². The molecule has 0 aromatic heterocycles. The van der Waals surface area contributed by atoms with Crippen molar-refractivity contribution in [3.05, 3.63) is 91.0 Å². The van der Waals surface area contributed by atoms with E-state index in [9.17, 15) is 9.36 Å². The summed E-state index contributed by atoms with van der Waals surface area (Å²) in [5.41, 5.74) is 0.762. The van der Waals surface area contributed by atoms with E-state index in [-0.39, 0.29) is 6.03 Å². The number of para-hydroxylation sites is 1. The van der Waals surface area contributed by atoms with E-state index < -0.39 is 7.14 Å². The number of urea groups is 1. The molecule has 0 spiro atoms. The van der Waals surface area contributed by atoms with E-state index in [2.05, 4.69) is 10.6 Å². The maximum Gasteiger partial charge on any atom is 0.319 e. The predicted molar refractivity (Wildman–Crippen MR) is 117 cm³/mol. The molecule has 0 bridgehead atoms. The standard InChI is InChI=1S/C23H25N2O2P/c26-23(25-20-12-4-1-5-13-20)24-18-10-11-19-28(27,21-14-6-2-7-15-21)22-16-8-3-9-17-22/h1-9,12-17H,10-11,18-19H2,(H2,24,25,26). The van der Waals surface area contributed by atoms with Crippen LogP contribution in [0.25, 0.3) is 0 Å². The quantitative estimate of drug-likeness (QED) is 0.435. The lowest BCUT2D eigenvalue weighted by Crippen LogP contribution is -2.29. The maximum absolute atomic E-state index is 13.9. The van der Waals surface area contributed by atoms with Crippen molar-refractivity contribution in [1.82, 2.24) is 5.32 Å². The van der Waals surface area contributed by atoms with Crippen molar-refractivity contribution in [1.29, 1.82) is 0 Å². The fraction of sp³-hybridized carbons (Fsp3) is 0.174. The Balaban J connectivity index is 1.54. The molecule has 0 heterocycles. The molecule has 0 saturated carbocycles. The zero-order valence-electron chi connectivity index (χ0n) is 15.8. The van der Waals surface area contributed by atoms with Gasteiger partial charge in [-0.15, -0.1) is 0 Å². The highest BCUT2D eigenvalue weighted by Gasteiger charge is 2.26. The van der Waals surface area contributed by atoms with Crippen LogP contribution in [0.15, 0.2) is 91.0 Å². The zero-order chi connectivity index (χ0) is 19.7. The van der Waals surface area contributed by atoms with Crippen LogP contribution in [0.2, 0.25) is 0 Å². The van der Waals surface area contributed by atoms with Crippen LogP contribution in [-0.2, 0) is 4.57 Å². The van der Waals surface area contributed by atoms with Crippen LogP contribution in [0.1, 0.15) is 12.8 Å². The zero-order valence-corrected chi connectivity index (χ0v) is 16.6. The first-order valence-electron chi connectivity index (χ1n) is 9.49. The molecule has 0 radical (unpaired) electrons. The number of carbonyl (C=O) groups excluding carboxylic acids is 1. The Hall–Kier alpha value is -2.84. The van der Waals surface area contributed by atoms with Gasteiger partial charge in [-0.05, 0) is 25.0 Å². The second kappa shape index (κ2) is 9.91. The van der Waals surface area contributed by atoms with Gasteiger partial charge in [0.15, 0.2) is 0 Å². The van der Waals surface area contributed by atoms with Crippen molar-refractivity contribution in [2.45, 2.75) is 12.8 Å². The van der Waals surface area contributed by atoms with Gasteiger partial charge in [-0.3, -0.25) is 0 Å². The predicted octanol–water partition coefficient (Wildman–Crippen LogP) is 4.60. The average Bonchev–Trinajstić information content (AvgIpc) is 2.75. The van der Waals surface area contributed by atoms with Gasteiger partial charge in [-0.2, -0.15) is 0 Å². The first-order valence-corrected chi connectivity index (χ1v) is 11.4. The van der Waals surface area contributed by atoms with Crippen LogP contribution in [-0.4, -0.2) is 18.7 Å². The van der Waals surface area contributed by atoms with Gasteiger partial charge >= 0.3 is 6.03 Å². The summed E-state index contributed by atoms with van der Waals surface area (Å²) in [6, 6.07) is 28.5. The van der Waals surface area contributed by atoms with Gasteiger partial charge in [-0.25, -0.2) is 4.79 Å². The normalized spacial score (nSPS) is 11.0. The minimum Gasteiger partial charge on any atom is -0.338 e. The van der Waals surface area contributed by atoms with E-state index in [1.807, 2.05) is 91.0 Å². The molecule has 0 atom stereocenters. The number of unbranched alkanes of at least 4 members (excludes halogenated alkanes) is 1. The third-order valence-electron chi connectivity index (χ3n) is 4.56. The molecule has 0 aliphatic carbocycles. The Morgan fingerprint density at radius 2 is 1.21 bits per heavy atom. The first-order chi connectivity index (χ1) is 13.7. The lowest BCUT2D eigenvalue weighted by molar-refractivity contribution is 0.252. The molecule has 2 N–H and O–H groups in total. The summed E-state index contributed by atoms with van der Waals surface area (Å²) < 4.78 is 13.9. The molecule has 3 rings (SSSR count). The average molecular weight is 392 g/mol. The molecule has 3 aromatic rings. The molecule has 5 heteroatoms. The molecule has 2 amide bonds. The van der Waals surface area contributed by atoms with Crippen molar-refractivity contribution < 1.29 is 9.36 Å². The third-order valence-corrected chi connectivity index (χ3v) is 7.77. The van der Waals surface area contributed by atoms with E-state index in [4.69, 9.17) is 0 Å². The molecule has 4 nitrogen and oxygen atoms in total. The van der Waals surface area contributed by atoms with E-state index in [1.165, 1.54) is 0 Å². The van der Waals surface area contributed by atoms with Crippen molar-refractivity contribution in [3.63, 3.8) is 0 Å². The summed E-state index contributed by atoms with van der Waals surface area (Å²) >= 11 is 0. The van der Waals surface area contributed by atoms with Gasteiger partial charge in [0, 0.05) is 29.0 Å². The largest absolute Gasteiger partial charge is 0.338 e. The lowest BCUT2D eigenvalue weighted by Gasteiger charge is -2.19. The fourth-order valence-electron chi connectivity index (χ4n) is 3.10. The molecule has 0 aliphatic rings. The minimum atomic E-state index is -2.67. The number of carbonyl (C=O) groups is 1. The number of hydrogen-bond acceptors (Lipinski definition) is 2. The lowest BCUT2D eigenvalue weighted by atomic mass is 10.3. The van der Waals surface area contributed by atoms with E-state index >= 15 is 0 Å². The molecule has 144 valence electrons. The summed E-state index contributed by atoms with van der Waals surface area (Å²) in [7, 11) is -2.67. The monoisotopic (exact) mass is 392 g/mol. The SMILES string of the molecule is O=C(NCCCCP(=O)(c1ccccc1)c1ccccc1)Nc1ccccc1. The molecule has 28 heavy (non-hydrogen) atoms. The Morgan fingerprint density at radius 3 is 1.75 bits per heavy atom. The van der Waals surface area contributed by atoms with Crippen LogP contribution in [0.5, 0.6) is 0 Å². The van der Waals surface area contributed by atoms with Crippen LogP contribution in [0.4, 0.5) is 10.5 Å². The molecular weight excluding hydrogens is 367 g/mol. The molecule has 3 aromatic carbocycles. The van der Waals surface area contributed by atoms with E-state index in [1.54, 1.807) is 0 Å². The van der Waals surface area contributed by atoms with Crippen molar-refractivity contribution in [2.75, 3.05) is 18.0 Å². The van der Waals surface area contributed by atoms with Crippen LogP contribution in [0.3, 0.4) is 0 Å². The summed E-state index contributed by atoms with van der Waals surface area (Å²) in [6.07, 6.45) is 2.13. The Kier molecular flexibility index (Phi) is 7.05. The molecule has 0 aliphatic heterocycles. The second-order valence-corrected chi connectivity index (χ2v) is 9.55. The van der Waals surface area contributed by atoms with Gasteiger partial charge in [0.1, 0.15) is 7.14 Å². The van der Waals surface area contributed by atoms with Crippen LogP contribution in [0, 0.1) is 0 Å². The van der Waals surface area contributed by atoms with E-state index in [0.717, 1.165) is 29.1 Å². The number of hydrogen-bond donors (Lipinski definition) is 2. The smallest absolute Gasteiger partial charge is 0.319 e. The fourth-order valence-corrected chi connectivity index (χ4v) is 5.89. The number of rotatable bonds is 8. The summed E-state index contributed by atoms with van der Waals surface area (Å²) in [5.74, 6) is 0. The van der Waals surface area contributed by atoms with Crippen molar-refractivity contribution in [3.8, 4) is 0 Å². The van der Waals surface area contributed by atoms with Gasteiger partial charge < -0.3 is 15.2 Å². The van der Waals surface area contributed by atoms with Gasteiger partial charge in [0.2, 0.25) is 0 Å². The van der Waals surface area contributed by atoms with Gasteiger partial charge in [0.25, 0.3) is 0 Å². The highest BCUT2D eigenvalue weighted by molar-refractivity contribution is 7.78. The summed E-state index contributed by atoms with van der Waals surface area (Å²) in [5, 5.41) is 7.42. The molecular formula is C23H25N2O2P. The Morgan fingerprint density at radius 1 is 0.714 bits per heavy atom. The molecule has 0 unspecified atom stereocenters. The number of benzene rings is 3. The topological polar surface area (TPSA) is 58.2 Å². The highest BCUT2D eigenvalue weighted by Crippen LogP contribution is 2.44. The summed E-state index contributed by atoms with van der Waals surface area (Å²) in [6.45, 7) is 0.544. The number of amides is 2. The van der Waals surface area contributed by atoms with Crippen molar-refractivity contribution >= 4 is 29.5 Å². The van der Waals surface area contributed by atoms with Gasteiger partial charge in [-0.1, -0.05) is 78.9 Å². The number of anilines is 1. The highest BCUT2D eigenvalue weighted by atomic mass is 31.2. The summed E-state index contributed by atoms with van der Waals surface area (Å²) in [4.78, 5) is 11.9. The minimum absolute atomic E-state index is 0.222.